The van der Waals surface area contributed by atoms with Crippen molar-refractivity contribution in [3.8, 4) is 0 Å². The van der Waals surface area contributed by atoms with Crippen molar-refractivity contribution in [3.63, 3.8) is 0 Å². The molecule has 0 aromatic heterocycles. The van der Waals surface area contributed by atoms with E-state index in [0.717, 1.165) is 20.8 Å². The lowest BCUT2D eigenvalue weighted by Crippen LogP contribution is -2.61. The summed E-state index contributed by atoms with van der Waals surface area (Å²) in [5.74, 6) is -2.69. The van der Waals surface area contributed by atoms with Gasteiger partial charge in [-0.15, -0.1) is 0 Å². The molecule has 0 aromatic rings. The van der Waals surface area contributed by atoms with Gasteiger partial charge in [0.05, 0.1) is 6.10 Å². The molecule has 0 aliphatic carbocycles. The Hall–Kier alpha value is -2.16. The van der Waals surface area contributed by atoms with Crippen molar-refractivity contribution >= 4 is 23.9 Å². The van der Waals surface area contributed by atoms with Crippen molar-refractivity contribution in [3.05, 3.63) is 0 Å². The predicted octanol–water partition coefficient (Wildman–Crippen LogP) is 0.0894. The average Bonchev–Trinajstić information content (AvgIpc) is 2.36. The van der Waals surface area contributed by atoms with E-state index >= 15 is 0 Å². The minimum atomic E-state index is -1.29. The van der Waals surface area contributed by atoms with Gasteiger partial charge in [-0.05, 0) is 6.92 Å². The van der Waals surface area contributed by atoms with Crippen molar-refractivity contribution in [2.24, 2.45) is 0 Å². The molecule has 1 fully saturated rings. The molecule has 130 valence electrons. The Morgan fingerprint density at radius 3 is 1.48 bits per heavy atom. The van der Waals surface area contributed by atoms with Crippen LogP contribution in [-0.4, -0.2) is 54.6 Å². The van der Waals surface area contributed by atoms with E-state index in [0.29, 0.717) is 0 Å². The van der Waals surface area contributed by atoms with Gasteiger partial charge in [-0.25, -0.2) is 0 Å². The highest BCUT2D eigenvalue weighted by Crippen LogP contribution is 2.29. The molecule has 0 bridgehead atoms. The fraction of sp³-hybridized carbons (Fsp3) is 0.714. The molecule has 9 nitrogen and oxygen atoms in total. The van der Waals surface area contributed by atoms with Crippen molar-refractivity contribution in [2.45, 2.75) is 65.3 Å². The molecule has 0 N–H and O–H groups in total. The van der Waals surface area contributed by atoms with Crippen LogP contribution in [-0.2, 0) is 42.9 Å². The molecule has 0 amide bonds. The van der Waals surface area contributed by atoms with E-state index < -0.39 is 54.6 Å². The monoisotopic (exact) mass is 332 g/mol. The molecule has 9 heteroatoms. The van der Waals surface area contributed by atoms with Crippen LogP contribution in [0.3, 0.4) is 0 Å². The fourth-order valence-electron chi connectivity index (χ4n) is 2.23. The highest BCUT2D eigenvalue weighted by atomic mass is 16.7. The summed E-state index contributed by atoms with van der Waals surface area (Å²) in [6.07, 6.45) is -5.51. The lowest BCUT2D eigenvalue weighted by atomic mass is 9.99. The van der Waals surface area contributed by atoms with E-state index in [-0.39, 0.29) is 0 Å². The number of rotatable bonds is 4. The number of esters is 4. The van der Waals surface area contributed by atoms with E-state index in [1.54, 1.807) is 6.92 Å². The standard InChI is InChI=1S/C14H20O9/c1-6-11(20-7(2)15)12(21-8(3)16)13(22-9(4)17)14(19-6)23-10(5)18/h6,11-14H,1-5H3/t6?,11-,12?,13-,14?/m0/s1. The number of ether oxygens (including phenoxy) is 5. The number of hydrogen-bond donors (Lipinski definition) is 0. The van der Waals surface area contributed by atoms with Gasteiger partial charge in [0.1, 0.15) is 0 Å². The molecular formula is C14H20O9. The molecule has 1 rings (SSSR count). The molecule has 1 aliphatic rings. The SMILES string of the molecule is CC(=O)OC1OC(C)[C@H](OC(C)=O)C(OC(C)=O)[C@@H]1OC(C)=O. The maximum absolute atomic E-state index is 11.4. The smallest absolute Gasteiger partial charge is 0.305 e. The highest BCUT2D eigenvalue weighted by Gasteiger charge is 2.51. The molecule has 5 atom stereocenters. The maximum Gasteiger partial charge on any atom is 0.305 e. The largest absolute Gasteiger partial charge is 0.456 e. The van der Waals surface area contributed by atoms with E-state index in [2.05, 4.69) is 0 Å². The fourth-order valence-corrected chi connectivity index (χ4v) is 2.23. The summed E-state index contributed by atoms with van der Waals surface area (Å²) in [7, 11) is 0. The molecule has 1 saturated heterocycles. The van der Waals surface area contributed by atoms with E-state index in [1.165, 1.54) is 6.92 Å². The van der Waals surface area contributed by atoms with Crippen molar-refractivity contribution in [1.82, 2.24) is 0 Å². The normalized spacial score (nSPS) is 30.0. The summed E-state index contributed by atoms with van der Waals surface area (Å²) in [5.41, 5.74) is 0. The van der Waals surface area contributed by atoms with Crippen LogP contribution in [0.5, 0.6) is 0 Å². The van der Waals surface area contributed by atoms with Gasteiger partial charge in [-0.1, -0.05) is 0 Å². The molecular weight excluding hydrogens is 312 g/mol. The van der Waals surface area contributed by atoms with E-state index in [4.69, 9.17) is 23.7 Å². The van der Waals surface area contributed by atoms with Gasteiger partial charge in [0.2, 0.25) is 12.4 Å². The van der Waals surface area contributed by atoms with Crippen LogP contribution >= 0.6 is 0 Å². The van der Waals surface area contributed by atoms with Gasteiger partial charge >= 0.3 is 23.9 Å². The molecule has 0 spiro atoms. The van der Waals surface area contributed by atoms with Crippen LogP contribution in [0.25, 0.3) is 0 Å². The molecule has 0 saturated carbocycles. The summed E-state index contributed by atoms with van der Waals surface area (Å²) in [6.45, 7) is 6.16. The van der Waals surface area contributed by atoms with Crippen LogP contribution in [0.1, 0.15) is 34.6 Å². The zero-order valence-electron chi connectivity index (χ0n) is 13.6. The third kappa shape index (κ3) is 5.51. The first-order chi connectivity index (χ1) is 10.6. The Bertz CT molecular complexity index is 487. The summed E-state index contributed by atoms with van der Waals surface area (Å²) in [5, 5.41) is 0. The second-order valence-corrected chi connectivity index (χ2v) is 5.04. The van der Waals surface area contributed by atoms with Gasteiger partial charge in [0.25, 0.3) is 0 Å². The summed E-state index contributed by atoms with van der Waals surface area (Å²) >= 11 is 0. The van der Waals surface area contributed by atoms with Crippen LogP contribution in [0.4, 0.5) is 0 Å². The Labute approximate surface area is 133 Å². The lowest BCUT2D eigenvalue weighted by Gasteiger charge is -2.42. The maximum atomic E-state index is 11.4. The van der Waals surface area contributed by atoms with Gasteiger partial charge in [0, 0.05) is 27.7 Å². The average molecular weight is 332 g/mol. The van der Waals surface area contributed by atoms with Crippen LogP contribution in [0.2, 0.25) is 0 Å². The predicted molar refractivity (Wildman–Crippen MR) is 72.8 cm³/mol. The van der Waals surface area contributed by atoms with E-state index in [1.807, 2.05) is 0 Å². The summed E-state index contributed by atoms with van der Waals surface area (Å²) < 4.78 is 25.7. The number of carbonyl (C=O) groups is 4. The third-order valence-electron chi connectivity index (χ3n) is 2.92. The van der Waals surface area contributed by atoms with Gasteiger partial charge in [-0.3, -0.25) is 19.2 Å². The third-order valence-corrected chi connectivity index (χ3v) is 2.92. The van der Waals surface area contributed by atoms with Gasteiger partial charge in [-0.2, -0.15) is 0 Å². The molecule has 0 aromatic carbocycles. The minimum Gasteiger partial charge on any atom is -0.456 e. The first kappa shape index (κ1) is 18.9. The van der Waals surface area contributed by atoms with Gasteiger partial charge in [0.15, 0.2) is 12.2 Å². The Kier molecular flexibility index (Phi) is 6.49. The second-order valence-electron chi connectivity index (χ2n) is 5.04. The number of hydrogen-bond acceptors (Lipinski definition) is 9. The van der Waals surface area contributed by atoms with E-state index in [9.17, 15) is 19.2 Å². The first-order valence-electron chi connectivity index (χ1n) is 6.96. The van der Waals surface area contributed by atoms with Crippen molar-refractivity contribution in [2.75, 3.05) is 0 Å². The Balaban J connectivity index is 3.15. The molecule has 0 radical (unpaired) electrons. The lowest BCUT2D eigenvalue weighted by molar-refractivity contribution is -0.292. The zero-order chi connectivity index (χ0) is 17.7. The molecule has 3 unspecified atom stereocenters. The molecule has 1 heterocycles. The Morgan fingerprint density at radius 1 is 0.652 bits per heavy atom. The topological polar surface area (TPSA) is 114 Å². The summed E-state index contributed by atoms with van der Waals surface area (Å²) in [4.78, 5) is 45.1. The second kappa shape index (κ2) is 7.91. The first-order valence-corrected chi connectivity index (χ1v) is 6.96. The van der Waals surface area contributed by atoms with Crippen LogP contribution in [0.15, 0.2) is 0 Å². The molecule has 1 aliphatic heterocycles. The summed E-state index contributed by atoms with van der Waals surface area (Å²) in [6, 6.07) is 0. The van der Waals surface area contributed by atoms with Crippen LogP contribution < -0.4 is 0 Å². The Morgan fingerprint density at radius 2 is 1.04 bits per heavy atom. The minimum absolute atomic E-state index is 0.630. The highest BCUT2D eigenvalue weighted by molar-refractivity contribution is 5.69. The van der Waals surface area contributed by atoms with Crippen LogP contribution in [0, 0.1) is 0 Å². The molecule has 23 heavy (non-hydrogen) atoms. The quantitative estimate of drug-likeness (QED) is 0.521. The van der Waals surface area contributed by atoms with Crippen molar-refractivity contribution < 1.29 is 42.9 Å². The number of carbonyl (C=O) groups excluding carboxylic acids is 4. The van der Waals surface area contributed by atoms with Gasteiger partial charge < -0.3 is 23.7 Å². The zero-order valence-corrected chi connectivity index (χ0v) is 13.6. The van der Waals surface area contributed by atoms with Crippen molar-refractivity contribution in [1.29, 1.82) is 0 Å².